The molecule has 7 nitrogen and oxygen atoms in total. The van der Waals surface area contributed by atoms with Crippen molar-refractivity contribution in [3.8, 4) is 11.5 Å². The Morgan fingerprint density at radius 3 is 2.67 bits per heavy atom. The molecule has 0 unspecified atom stereocenters. The van der Waals surface area contributed by atoms with Crippen LogP contribution in [0.5, 0.6) is 11.5 Å². The van der Waals surface area contributed by atoms with E-state index in [0.717, 1.165) is 0 Å². The Balaban J connectivity index is 1.46. The average molecular weight is 388 g/mol. The number of anilines is 1. The average Bonchev–Trinajstić information content (AvgIpc) is 3.16. The van der Waals surface area contributed by atoms with Crippen molar-refractivity contribution in [3.05, 3.63) is 48.5 Å². The second kappa shape index (κ2) is 7.21. The van der Waals surface area contributed by atoms with E-state index in [0.29, 0.717) is 36.6 Å². The summed E-state index contributed by atoms with van der Waals surface area (Å²) < 4.78 is 37.6. The van der Waals surface area contributed by atoms with Crippen molar-refractivity contribution in [1.29, 1.82) is 0 Å². The molecule has 1 fully saturated rings. The number of sulfonamides is 1. The summed E-state index contributed by atoms with van der Waals surface area (Å²) >= 11 is 0. The standard InChI is InChI=1S/C19H20N2O5S/c22-19(20-15-8-9-17-18(11-15)26-13-25-17)14-5-4-10-21(12-14)27(23,24)16-6-2-1-3-7-16/h1-3,6-9,11,14H,4-5,10,12-13H2,(H,20,22)/t14-/m1/s1. The van der Waals surface area contributed by atoms with Crippen molar-refractivity contribution < 1.29 is 22.7 Å². The smallest absolute Gasteiger partial charge is 0.243 e. The van der Waals surface area contributed by atoms with E-state index in [2.05, 4.69) is 5.32 Å². The number of hydrogen-bond donors (Lipinski definition) is 1. The first-order valence-corrected chi connectivity index (χ1v) is 10.2. The molecule has 0 aromatic heterocycles. The first-order valence-electron chi connectivity index (χ1n) is 8.80. The van der Waals surface area contributed by atoms with Gasteiger partial charge in [0, 0.05) is 24.8 Å². The minimum atomic E-state index is -3.59. The fourth-order valence-corrected chi connectivity index (χ4v) is 4.88. The van der Waals surface area contributed by atoms with Crippen LogP contribution in [0.1, 0.15) is 12.8 Å². The number of rotatable bonds is 4. The van der Waals surface area contributed by atoms with Gasteiger partial charge in [0.1, 0.15) is 0 Å². The molecule has 27 heavy (non-hydrogen) atoms. The molecule has 1 atom stereocenters. The maximum Gasteiger partial charge on any atom is 0.243 e. The van der Waals surface area contributed by atoms with Gasteiger partial charge in [-0.25, -0.2) is 8.42 Å². The second-order valence-electron chi connectivity index (χ2n) is 6.57. The number of fused-ring (bicyclic) bond motifs is 1. The van der Waals surface area contributed by atoms with Crippen molar-refractivity contribution in [2.45, 2.75) is 17.7 Å². The summed E-state index contributed by atoms with van der Waals surface area (Å²) in [6, 6.07) is 13.5. The van der Waals surface area contributed by atoms with E-state index in [1.165, 1.54) is 4.31 Å². The molecule has 2 aromatic rings. The Hall–Kier alpha value is -2.58. The Labute approximate surface area is 157 Å². The number of amides is 1. The zero-order valence-corrected chi connectivity index (χ0v) is 15.4. The van der Waals surface area contributed by atoms with Gasteiger partial charge in [-0.2, -0.15) is 4.31 Å². The van der Waals surface area contributed by atoms with E-state index in [1.54, 1.807) is 48.5 Å². The number of benzene rings is 2. The number of piperidine rings is 1. The third-order valence-electron chi connectivity index (χ3n) is 4.78. The van der Waals surface area contributed by atoms with Gasteiger partial charge in [-0.3, -0.25) is 4.79 Å². The van der Waals surface area contributed by atoms with Crippen LogP contribution in [0.15, 0.2) is 53.4 Å². The quantitative estimate of drug-likeness (QED) is 0.870. The van der Waals surface area contributed by atoms with E-state index in [1.807, 2.05) is 0 Å². The topological polar surface area (TPSA) is 84.9 Å². The number of hydrogen-bond acceptors (Lipinski definition) is 5. The zero-order valence-electron chi connectivity index (χ0n) is 14.6. The molecule has 0 saturated carbocycles. The van der Waals surface area contributed by atoms with E-state index in [9.17, 15) is 13.2 Å². The Kier molecular flexibility index (Phi) is 4.75. The van der Waals surface area contributed by atoms with E-state index in [4.69, 9.17) is 9.47 Å². The summed E-state index contributed by atoms with van der Waals surface area (Å²) in [5.74, 6) is 0.639. The Morgan fingerprint density at radius 1 is 1.07 bits per heavy atom. The van der Waals surface area contributed by atoms with Gasteiger partial charge in [-0.15, -0.1) is 0 Å². The molecule has 4 rings (SSSR count). The van der Waals surface area contributed by atoms with E-state index < -0.39 is 15.9 Å². The molecule has 1 amide bonds. The fourth-order valence-electron chi connectivity index (χ4n) is 3.33. The minimum absolute atomic E-state index is 0.168. The van der Waals surface area contributed by atoms with Crippen LogP contribution >= 0.6 is 0 Å². The maximum absolute atomic E-state index is 12.8. The van der Waals surface area contributed by atoms with Gasteiger partial charge in [-0.1, -0.05) is 18.2 Å². The van der Waals surface area contributed by atoms with Crippen LogP contribution < -0.4 is 14.8 Å². The lowest BCUT2D eigenvalue weighted by Crippen LogP contribution is -2.43. The predicted molar refractivity (Wildman–Crippen MR) is 99.1 cm³/mol. The largest absolute Gasteiger partial charge is 0.454 e. The summed E-state index contributed by atoms with van der Waals surface area (Å²) in [6.45, 7) is 0.764. The van der Waals surface area contributed by atoms with Gasteiger partial charge in [0.25, 0.3) is 0 Å². The van der Waals surface area contributed by atoms with Crippen molar-refractivity contribution in [3.63, 3.8) is 0 Å². The van der Waals surface area contributed by atoms with Crippen LogP contribution in [0.3, 0.4) is 0 Å². The van der Waals surface area contributed by atoms with Crippen molar-refractivity contribution in [2.24, 2.45) is 5.92 Å². The monoisotopic (exact) mass is 388 g/mol. The molecule has 1 saturated heterocycles. The van der Waals surface area contributed by atoms with Crippen LogP contribution in [0, 0.1) is 5.92 Å². The summed E-state index contributed by atoms with van der Waals surface area (Å²) in [7, 11) is -3.59. The van der Waals surface area contributed by atoms with Gasteiger partial charge >= 0.3 is 0 Å². The van der Waals surface area contributed by atoms with Gasteiger partial charge < -0.3 is 14.8 Å². The highest BCUT2D eigenvalue weighted by atomic mass is 32.2. The third kappa shape index (κ3) is 3.63. The van der Waals surface area contributed by atoms with Gasteiger partial charge in [0.15, 0.2) is 11.5 Å². The Morgan fingerprint density at radius 2 is 1.85 bits per heavy atom. The highest BCUT2D eigenvalue weighted by molar-refractivity contribution is 7.89. The molecule has 142 valence electrons. The molecular formula is C19H20N2O5S. The normalized spacial score (nSPS) is 19.6. The van der Waals surface area contributed by atoms with Crippen LogP contribution in [-0.2, 0) is 14.8 Å². The molecule has 0 spiro atoms. The molecule has 0 bridgehead atoms. The van der Waals surface area contributed by atoms with Crippen molar-refractivity contribution in [2.75, 3.05) is 25.2 Å². The summed E-state index contributed by atoms with van der Waals surface area (Å²) in [5, 5.41) is 2.86. The fraction of sp³-hybridized carbons (Fsp3) is 0.316. The second-order valence-corrected chi connectivity index (χ2v) is 8.51. The van der Waals surface area contributed by atoms with Crippen LogP contribution in [0.2, 0.25) is 0 Å². The molecular weight excluding hydrogens is 368 g/mol. The lowest BCUT2D eigenvalue weighted by molar-refractivity contribution is -0.120. The van der Waals surface area contributed by atoms with Crippen molar-refractivity contribution in [1.82, 2.24) is 4.31 Å². The number of carbonyl (C=O) groups is 1. The number of carbonyl (C=O) groups excluding carboxylic acids is 1. The SMILES string of the molecule is O=C(Nc1ccc2c(c1)OCO2)[C@@H]1CCCN(S(=O)(=O)c2ccccc2)C1. The first kappa shape index (κ1) is 17.8. The summed E-state index contributed by atoms with van der Waals surface area (Å²) in [4.78, 5) is 12.9. The molecule has 0 aliphatic carbocycles. The van der Waals surface area contributed by atoms with Crippen LogP contribution in [0.25, 0.3) is 0 Å². The highest BCUT2D eigenvalue weighted by Gasteiger charge is 2.33. The number of nitrogens with zero attached hydrogens (tertiary/aromatic N) is 1. The Bertz CT molecular complexity index is 946. The first-order chi connectivity index (χ1) is 13.0. The zero-order chi connectivity index (χ0) is 18.9. The van der Waals surface area contributed by atoms with Gasteiger partial charge in [-0.05, 0) is 37.1 Å². The predicted octanol–water partition coefficient (Wildman–Crippen LogP) is 2.45. The van der Waals surface area contributed by atoms with Crippen molar-refractivity contribution >= 4 is 21.6 Å². The minimum Gasteiger partial charge on any atom is -0.454 e. The molecule has 2 aliphatic heterocycles. The van der Waals surface area contributed by atoms with E-state index in [-0.39, 0.29) is 24.1 Å². The lowest BCUT2D eigenvalue weighted by Gasteiger charge is -2.31. The summed E-state index contributed by atoms with van der Waals surface area (Å²) in [5.41, 5.74) is 0.604. The third-order valence-corrected chi connectivity index (χ3v) is 6.66. The maximum atomic E-state index is 12.8. The number of nitrogens with one attached hydrogen (secondary N) is 1. The highest BCUT2D eigenvalue weighted by Crippen LogP contribution is 2.34. The molecule has 2 aliphatic rings. The molecule has 8 heteroatoms. The van der Waals surface area contributed by atoms with Crippen LogP contribution in [0.4, 0.5) is 5.69 Å². The lowest BCUT2D eigenvalue weighted by atomic mass is 9.98. The van der Waals surface area contributed by atoms with Gasteiger partial charge in [0.2, 0.25) is 22.7 Å². The van der Waals surface area contributed by atoms with E-state index >= 15 is 0 Å². The molecule has 1 N–H and O–H groups in total. The molecule has 0 radical (unpaired) electrons. The van der Waals surface area contributed by atoms with Gasteiger partial charge in [0.05, 0.1) is 10.8 Å². The van der Waals surface area contributed by atoms with Crippen LogP contribution in [-0.4, -0.2) is 38.5 Å². The number of ether oxygens (including phenoxy) is 2. The molecule has 2 aromatic carbocycles. The summed E-state index contributed by atoms with van der Waals surface area (Å²) in [6.07, 6.45) is 1.29. The molecule has 2 heterocycles.